The summed E-state index contributed by atoms with van der Waals surface area (Å²) < 4.78 is 0. The van der Waals surface area contributed by atoms with Gasteiger partial charge in [0.1, 0.15) is 8.07 Å². The summed E-state index contributed by atoms with van der Waals surface area (Å²) in [6.45, 7) is 10.8. The summed E-state index contributed by atoms with van der Waals surface area (Å²) in [7, 11) is -1.15. The predicted molar refractivity (Wildman–Crippen MR) is 86.9 cm³/mol. The Hall–Kier alpha value is -0.263. The van der Waals surface area contributed by atoms with Crippen LogP contribution in [0.2, 0.25) is 19.6 Å². The second-order valence-electron chi connectivity index (χ2n) is 7.60. The summed E-state index contributed by atoms with van der Waals surface area (Å²) in [4.78, 5) is 2.83. The van der Waals surface area contributed by atoms with Gasteiger partial charge < -0.3 is 0 Å². The van der Waals surface area contributed by atoms with Crippen molar-refractivity contribution in [3.8, 4) is 11.5 Å². The van der Waals surface area contributed by atoms with Gasteiger partial charge in [-0.15, -0.1) is 11.5 Å². The summed E-state index contributed by atoms with van der Waals surface area (Å²) in [5.41, 5.74) is 3.49. The van der Waals surface area contributed by atoms with Crippen LogP contribution >= 0.6 is 0 Å². The van der Waals surface area contributed by atoms with Gasteiger partial charge in [-0.3, -0.25) is 4.90 Å². The number of piperidine rings is 1. The lowest BCUT2D eigenvalue weighted by molar-refractivity contribution is 0.0757. The van der Waals surface area contributed by atoms with Crippen LogP contribution in [0, 0.1) is 17.4 Å². The molecule has 0 radical (unpaired) electrons. The minimum Gasteiger partial charge on any atom is -0.297 e. The van der Waals surface area contributed by atoms with Crippen LogP contribution in [0.5, 0.6) is 0 Å². The zero-order valence-corrected chi connectivity index (χ0v) is 14.3. The maximum Gasteiger partial charge on any atom is 0.129 e. The Kier molecular flexibility index (Phi) is 5.14. The first kappa shape index (κ1) is 15.1. The molecule has 19 heavy (non-hydrogen) atoms. The Balaban J connectivity index is 1.75. The van der Waals surface area contributed by atoms with E-state index in [1.165, 1.54) is 45.1 Å². The largest absolute Gasteiger partial charge is 0.297 e. The first-order chi connectivity index (χ1) is 8.97. The molecule has 0 aliphatic carbocycles. The van der Waals surface area contributed by atoms with Gasteiger partial charge in [-0.25, -0.2) is 0 Å². The first-order valence-corrected chi connectivity index (χ1v) is 11.7. The van der Waals surface area contributed by atoms with Crippen LogP contribution in [0.3, 0.4) is 0 Å². The molecule has 108 valence electrons. The molecule has 0 aromatic rings. The van der Waals surface area contributed by atoms with Crippen molar-refractivity contribution in [2.24, 2.45) is 5.92 Å². The minimum atomic E-state index is -1.15. The van der Waals surface area contributed by atoms with Gasteiger partial charge in [-0.2, -0.15) is 0 Å². The molecule has 0 spiro atoms. The molecule has 3 atom stereocenters. The van der Waals surface area contributed by atoms with Gasteiger partial charge in [-0.05, 0) is 51.0 Å². The molecule has 2 rings (SSSR count). The number of unbranched alkanes of at least 4 members (excludes halogenated alkanes) is 1. The lowest BCUT2D eigenvalue weighted by Gasteiger charge is -2.41. The van der Waals surface area contributed by atoms with E-state index in [2.05, 4.69) is 42.9 Å². The summed E-state index contributed by atoms with van der Waals surface area (Å²) >= 11 is 0. The number of hydrogen-bond acceptors (Lipinski definition) is 1. The average molecular weight is 278 g/mol. The van der Waals surface area contributed by atoms with E-state index in [1.54, 1.807) is 0 Å². The average Bonchev–Trinajstić information content (AvgIpc) is 2.80. The number of fused-ring (bicyclic) bond motifs is 1. The van der Waals surface area contributed by atoms with Gasteiger partial charge in [0.05, 0.1) is 0 Å². The Bertz CT molecular complexity index is 346. The highest BCUT2D eigenvalue weighted by Gasteiger charge is 2.37. The lowest BCUT2D eigenvalue weighted by Crippen LogP contribution is -2.46. The van der Waals surface area contributed by atoms with E-state index in [0.29, 0.717) is 0 Å². The van der Waals surface area contributed by atoms with Crippen molar-refractivity contribution in [3.05, 3.63) is 0 Å². The van der Waals surface area contributed by atoms with Crippen molar-refractivity contribution < 1.29 is 0 Å². The zero-order valence-electron chi connectivity index (χ0n) is 13.3. The Morgan fingerprint density at radius 1 is 1.16 bits per heavy atom. The molecule has 2 heterocycles. The molecule has 2 saturated heterocycles. The summed E-state index contributed by atoms with van der Waals surface area (Å²) in [5, 5.41) is 0. The van der Waals surface area contributed by atoms with Crippen LogP contribution < -0.4 is 0 Å². The molecule has 0 unspecified atom stereocenters. The number of rotatable bonds is 3. The molecule has 0 saturated carbocycles. The Morgan fingerprint density at radius 3 is 2.68 bits per heavy atom. The fraction of sp³-hybridized carbons (Fsp3) is 0.882. The SMILES string of the molecule is C[C@@H]1CC[C@H](CCCC#C[Si](C)(C)C)N2CCC[C@@H]12. The second-order valence-corrected chi connectivity index (χ2v) is 12.3. The van der Waals surface area contributed by atoms with Crippen LogP contribution in [-0.2, 0) is 0 Å². The monoisotopic (exact) mass is 277 g/mol. The highest BCUT2D eigenvalue weighted by molar-refractivity contribution is 6.83. The smallest absolute Gasteiger partial charge is 0.129 e. The van der Waals surface area contributed by atoms with E-state index in [1.807, 2.05) is 0 Å². The van der Waals surface area contributed by atoms with Gasteiger partial charge in [0.15, 0.2) is 0 Å². The fourth-order valence-electron chi connectivity index (χ4n) is 3.76. The van der Waals surface area contributed by atoms with E-state index in [0.717, 1.165) is 24.4 Å². The molecule has 1 nitrogen and oxygen atoms in total. The van der Waals surface area contributed by atoms with Gasteiger partial charge >= 0.3 is 0 Å². The predicted octanol–water partition coefficient (Wildman–Crippen LogP) is 4.30. The van der Waals surface area contributed by atoms with Crippen LogP contribution in [0.15, 0.2) is 0 Å². The molecule has 0 aromatic heterocycles. The van der Waals surface area contributed by atoms with Gasteiger partial charge in [0, 0.05) is 18.5 Å². The van der Waals surface area contributed by atoms with Crippen molar-refractivity contribution in [1.82, 2.24) is 4.90 Å². The third-order valence-electron chi connectivity index (χ3n) is 4.73. The quantitative estimate of drug-likeness (QED) is 0.422. The van der Waals surface area contributed by atoms with Crippen LogP contribution in [0.1, 0.15) is 51.9 Å². The third kappa shape index (κ3) is 4.36. The molecule has 2 fully saturated rings. The first-order valence-electron chi connectivity index (χ1n) is 8.23. The van der Waals surface area contributed by atoms with Crippen molar-refractivity contribution >= 4 is 8.07 Å². The van der Waals surface area contributed by atoms with Gasteiger partial charge in [0.2, 0.25) is 0 Å². The maximum atomic E-state index is 3.49. The zero-order chi connectivity index (χ0) is 13.9. The summed E-state index contributed by atoms with van der Waals surface area (Å²) in [6.07, 6.45) is 9.57. The van der Waals surface area contributed by atoms with Crippen LogP contribution in [0.4, 0.5) is 0 Å². The minimum absolute atomic E-state index is 0.873. The number of nitrogens with zero attached hydrogens (tertiary/aromatic N) is 1. The van der Waals surface area contributed by atoms with Crippen molar-refractivity contribution in [2.45, 2.75) is 83.6 Å². The van der Waals surface area contributed by atoms with Gasteiger partial charge in [-0.1, -0.05) is 26.6 Å². The summed E-state index contributed by atoms with van der Waals surface area (Å²) in [5.74, 6) is 4.36. The van der Waals surface area contributed by atoms with Crippen molar-refractivity contribution in [3.63, 3.8) is 0 Å². The Morgan fingerprint density at radius 2 is 1.95 bits per heavy atom. The highest BCUT2D eigenvalue weighted by Crippen LogP contribution is 2.36. The summed E-state index contributed by atoms with van der Waals surface area (Å²) in [6, 6.07) is 1.78. The van der Waals surface area contributed by atoms with E-state index in [4.69, 9.17) is 0 Å². The van der Waals surface area contributed by atoms with Gasteiger partial charge in [0.25, 0.3) is 0 Å². The molecule has 0 N–H and O–H groups in total. The van der Waals surface area contributed by atoms with E-state index in [-0.39, 0.29) is 0 Å². The number of hydrogen-bond donors (Lipinski definition) is 0. The topological polar surface area (TPSA) is 3.24 Å². The molecular weight excluding hydrogens is 246 g/mol. The maximum absolute atomic E-state index is 3.49. The van der Waals surface area contributed by atoms with Crippen molar-refractivity contribution in [2.75, 3.05) is 6.54 Å². The van der Waals surface area contributed by atoms with E-state index >= 15 is 0 Å². The Labute approximate surface area is 121 Å². The fourth-order valence-corrected chi connectivity index (χ4v) is 4.41. The highest BCUT2D eigenvalue weighted by atomic mass is 28.3. The molecule has 0 bridgehead atoms. The molecular formula is C17H31NSi. The standard InChI is InChI=1S/C17H31NSi/c1-15-11-12-16(18-13-8-10-17(15)18)9-6-5-7-14-19(2,3)4/h15-17H,5-6,8-13H2,1-4H3/t15-,16+,17+/m1/s1. The van der Waals surface area contributed by atoms with Crippen molar-refractivity contribution in [1.29, 1.82) is 0 Å². The molecule has 2 aliphatic heterocycles. The molecule has 0 aromatic carbocycles. The normalized spacial score (nSPS) is 31.7. The van der Waals surface area contributed by atoms with E-state index < -0.39 is 8.07 Å². The second kappa shape index (κ2) is 6.46. The lowest BCUT2D eigenvalue weighted by atomic mass is 9.85. The van der Waals surface area contributed by atoms with Crippen LogP contribution in [-0.4, -0.2) is 31.6 Å². The third-order valence-corrected chi connectivity index (χ3v) is 5.65. The molecule has 0 amide bonds. The molecule has 2 aliphatic rings. The van der Waals surface area contributed by atoms with Crippen LogP contribution in [0.25, 0.3) is 0 Å². The van der Waals surface area contributed by atoms with E-state index in [9.17, 15) is 0 Å². The molecule has 2 heteroatoms.